The molecular formula is C17H21N9O. The topological polar surface area (TPSA) is 131 Å². The molecule has 4 N–H and O–H groups in total. The number of likely N-dealkylation sites (tertiary alicyclic amines) is 1. The zero-order valence-corrected chi connectivity index (χ0v) is 15.2. The van der Waals surface area contributed by atoms with Crippen LogP contribution in [-0.2, 0) is 0 Å². The van der Waals surface area contributed by atoms with Crippen molar-refractivity contribution in [1.29, 1.82) is 5.41 Å². The minimum Gasteiger partial charge on any atom is -0.396 e. The fourth-order valence-electron chi connectivity index (χ4n) is 3.17. The van der Waals surface area contributed by atoms with E-state index in [4.69, 9.17) is 11.1 Å². The van der Waals surface area contributed by atoms with E-state index < -0.39 is 6.10 Å². The molecular weight excluding hydrogens is 346 g/mol. The minimum absolute atomic E-state index is 0.216. The Bertz CT molecular complexity index is 1000. The van der Waals surface area contributed by atoms with Crippen LogP contribution in [0, 0.1) is 5.41 Å². The highest BCUT2D eigenvalue weighted by Gasteiger charge is 2.28. The van der Waals surface area contributed by atoms with Crippen molar-refractivity contribution in [1.82, 2.24) is 19.5 Å². The summed E-state index contributed by atoms with van der Waals surface area (Å²) in [6.45, 7) is 1.10. The van der Waals surface area contributed by atoms with E-state index in [1.165, 1.54) is 6.08 Å². The molecule has 0 bridgehead atoms. The van der Waals surface area contributed by atoms with Gasteiger partial charge in [0.1, 0.15) is 11.5 Å². The molecule has 2 aromatic heterocycles. The van der Waals surface area contributed by atoms with E-state index in [0.29, 0.717) is 48.2 Å². The summed E-state index contributed by atoms with van der Waals surface area (Å²) in [4.78, 5) is 17.2. The number of β-amino-alcohol motifs (C(OH)–C–C–N with tert-alkyl or cyclic N) is 1. The Balaban J connectivity index is 1.75. The van der Waals surface area contributed by atoms with Gasteiger partial charge >= 0.3 is 0 Å². The van der Waals surface area contributed by atoms with Crippen molar-refractivity contribution in [2.75, 3.05) is 32.1 Å². The number of fused-ring (bicyclic) bond motifs is 1. The molecule has 10 heteroatoms. The third-order valence-corrected chi connectivity index (χ3v) is 4.52. The normalized spacial score (nSPS) is 21.7. The van der Waals surface area contributed by atoms with Crippen LogP contribution in [0.25, 0.3) is 5.65 Å². The number of aliphatic hydroxyl groups is 1. The Hall–Kier alpha value is -3.27. The van der Waals surface area contributed by atoms with E-state index in [1.54, 1.807) is 16.9 Å². The van der Waals surface area contributed by atoms with Crippen LogP contribution in [0.4, 0.5) is 11.5 Å². The molecule has 4 rings (SSSR count). The van der Waals surface area contributed by atoms with Crippen LogP contribution in [-0.4, -0.2) is 75.3 Å². The van der Waals surface area contributed by atoms with E-state index in [0.717, 1.165) is 5.82 Å². The molecule has 0 aliphatic carbocycles. The van der Waals surface area contributed by atoms with Crippen molar-refractivity contribution in [2.24, 2.45) is 15.7 Å². The molecule has 2 aliphatic rings. The van der Waals surface area contributed by atoms with Crippen molar-refractivity contribution in [2.45, 2.75) is 12.5 Å². The van der Waals surface area contributed by atoms with Gasteiger partial charge in [-0.2, -0.15) is 9.61 Å². The zero-order valence-electron chi connectivity index (χ0n) is 15.2. The molecule has 1 unspecified atom stereocenters. The quantitative estimate of drug-likeness (QED) is 0.693. The molecule has 1 atom stereocenters. The largest absolute Gasteiger partial charge is 0.396 e. The van der Waals surface area contributed by atoms with Gasteiger partial charge in [0.2, 0.25) is 0 Å². The highest BCUT2D eigenvalue weighted by atomic mass is 16.3. The molecule has 0 amide bonds. The summed E-state index contributed by atoms with van der Waals surface area (Å²) >= 11 is 0. The third-order valence-electron chi connectivity index (χ3n) is 4.52. The molecule has 140 valence electrons. The van der Waals surface area contributed by atoms with Crippen molar-refractivity contribution < 1.29 is 5.11 Å². The van der Waals surface area contributed by atoms with E-state index in [2.05, 4.69) is 20.1 Å². The summed E-state index contributed by atoms with van der Waals surface area (Å²) in [5.41, 5.74) is 7.72. The molecule has 10 nitrogen and oxygen atoms in total. The second-order valence-electron chi connectivity index (χ2n) is 6.74. The Morgan fingerprint density at radius 1 is 1.41 bits per heavy atom. The molecule has 0 radical (unpaired) electrons. The van der Waals surface area contributed by atoms with Gasteiger partial charge in [-0.15, -0.1) is 0 Å². The molecule has 1 saturated heterocycles. The van der Waals surface area contributed by atoms with Crippen LogP contribution in [0.15, 0.2) is 40.2 Å². The second-order valence-corrected chi connectivity index (χ2v) is 6.74. The number of amidine groups is 2. The lowest BCUT2D eigenvalue weighted by atomic mass is 10.2. The van der Waals surface area contributed by atoms with Crippen molar-refractivity contribution in [3.8, 4) is 0 Å². The van der Waals surface area contributed by atoms with Gasteiger partial charge in [-0.3, -0.25) is 5.41 Å². The van der Waals surface area contributed by atoms with Gasteiger partial charge < -0.3 is 20.6 Å². The van der Waals surface area contributed by atoms with Gasteiger partial charge in [-0.05, 0) is 18.6 Å². The lowest BCUT2D eigenvalue weighted by molar-refractivity contribution is 0.188. The average molecular weight is 367 g/mol. The first-order chi connectivity index (χ1) is 12.9. The first-order valence-corrected chi connectivity index (χ1v) is 8.61. The summed E-state index contributed by atoms with van der Waals surface area (Å²) < 4.78 is 1.70. The van der Waals surface area contributed by atoms with Gasteiger partial charge in [0.15, 0.2) is 17.3 Å². The number of anilines is 1. The zero-order chi connectivity index (χ0) is 19.1. The smallest absolute Gasteiger partial charge is 0.183 e. The van der Waals surface area contributed by atoms with E-state index in [1.807, 2.05) is 30.0 Å². The lowest BCUT2D eigenvalue weighted by Crippen LogP contribution is -2.38. The predicted octanol–water partition coefficient (Wildman–Crippen LogP) is 0.166. The number of rotatable bonds is 2. The van der Waals surface area contributed by atoms with Crippen LogP contribution in [0.3, 0.4) is 0 Å². The van der Waals surface area contributed by atoms with Crippen LogP contribution < -0.4 is 10.6 Å². The third kappa shape index (κ3) is 3.04. The Morgan fingerprint density at radius 2 is 2.22 bits per heavy atom. The molecule has 27 heavy (non-hydrogen) atoms. The average Bonchev–Trinajstić information content (AvgIpc) is 3.23. The number of dihydropyridines is 1. The Kier molecular flexibility index (Phi) is 4.11. The van der Waals surface area contributed by atoms with Crippen molar-refractivity contribution >= 4 is 34.5 Å². The molecule has 0 aromatic carbocycles. The number of hydrogen-bond acceptors (Lipinski definition) is 8. The summed E-state index contributed by atoms with van der Waals surface area (Å²) in [5.74, 6) is 1.66. The van der Waals surface area contributed by atoms with Crippen LogP contribution in [0.2, 0.25) is 0 Å². The van der Waals surface area contributed by atoms with Crippen LogP contribution >= 0.6 is 0 Å². The maximum Gasteiger partial charge on any atom is 0.183 e. The number of aliphatic hydroxyl groups excluding tert-OH is 1. The number of nitrogens with two attached hydrogens (primary N) is 1. The lowest BCUT2D eigenvalue weighted by Gasteiger charge is -2.22. The molecule has 1 fully saturated rings. The van der Waals surface area contributed by atoms with E-state index in [-0.39, 0.29) is 5.71 Å². The Labute approximate surface area is 155 Å². The first-order valence-electron chi connectivity index (χ1n) is 8.61. The summed E-state index contributed by atoms with van der Waals surface area (Å²) in [7, 11) is 3.85. The maximum absolute atomic E-state index is 9.77. The number of aliphatic imine (C=N–C) groups is 2. The van der Waals surface area contributed by atoms with Gasteiger partial charge in [0.05, 0.1) is 23.7 Å². The number of aromatic nitrogens is 3. The van der Waals surface area contributed by atoms with Gasteiger partial charge in [-0.25, -0.2) is 15.0 Å². The molecule has 0 spiro atoms. The molecule has 2 aromatic rings. The van der Waals surface area contributed by atoms with E-state index >= 15 is 0 Å². The highest BCUT2D eigenvalue weighted by molar-refractivity contribution is 6.48. The SMILES string of the molecule is CN(C)c1ccnc2c(/N=C3\N=C(N4CCC(O)C4)C(=N)C=C3N)cnn12. The van der Waals surface area contributed by atoms with Gasteiger partial charge in [0.25, 0.3) is 0 Å². The minimum atomic E-state index is -0.405. The first kappa shape index (κ1) is 17.2. The molecule has 4 heterocycles. The van der Waals surface area contributed by atoms with Crippen LogP contribution in [0.5, 0.6) is 0 Å². The highest BCUT2D eigenvalue weighted by Crippen LogP contribution is 2.24. The number of hydrogen-bond donors (Lipinski definition) is 3. The predicted molar refractivity (Wildman–Crippen MR) is 104 cm³/mol. The Morgan fingerprint density at radius 3 is 2.93 bits per heavy atom. The summed E-state index contributed by atoms with van der Waals surface area (Å²) in [5, 5.41) is 22.3. The summed E-state index contributed by atoms with van der Waals surface area (Å²) in [6, 6.07) is 1.86. The fraction of sp³-hybridized carbons (Fsp3) is 0.353. The van der Waals surface area contributed by atoms with Gasteiger partial charge in [-0.1, -0.05) is 0 Å². The number of nitrogens with zero attached hydrogens (tertiary/aromatic N) is 7. The van der Waals surface area contributed by atoms with Gasteiger partial charge in [0, 0.05) is 33.4 Å². The number of nitrogens with one attached hydrogen (secondary N) is 1. The second kappa shape index (κ2) is 6.47. The van der Waals surface area contributed by atoms with Crippen LogP contribution in [0.1, 0.15) is 6.42 Å². The van der Waals surface area contributed by atoms with Crippen molar-refractivity contribution in [3.05, 3.63) is 30.2 Å². The monoisotopic (exact) mass is 367 g/mol. The molecule has 0 saturated carbocycles. The maximum atomic E-state index is 9.77. The van der Waals surface area contributed by atoms with E-state index in [9.17, 15) is 5.11 Å². The van der Waals surface area contributed by atoms with Crippen molar-refractivity contribution in [3.63, 3.8) is 0 Å². The standard InChI is InChI=1S/C17H21N9O/c1-24(2)14-3-5-20-17-13(8-21-26(14)17)22-15-11(18)7-12(19)16(23-15)25-6-4-10(27)9-25/h3,5,7-8,10,19,27H,4,6,9,18H2,1-2H3/b19-12?,22-15-. The fourth-order valence-corrected chi connectivity index (χ4v) is 3.17. The molecule has 2 aliphatic heterocycles. The summed E-state index contributed by atoms with van der Waals surface area (Å²) in [6.07, 6.45) is 5.10.